The van der Waals surface area contributed by atoms with Crippen molar-refractivity contribution in [3.05, 3.63) is 29.6 Å². The molecule has 1 aromatic rings. The molecule has 0 bridgehead atoms. The number of pyridine rings is 1. The summed E-state index contributed by atoms with van der Waals surface area (Å²) < 4.78 is 0. The van der Waals surface area contributed by atoms with E-state index in [9.17, 15) is 9.59 Å². The van der Waals surface area contributed by atoms with Gasteiger partial charge in [-0.3, -0.25) is 14.6 Å². The maximum atomic E-state index is 11.7. The first-order chi connectivity index (χ1) is 8.66. The molecule has 0 aliphatic carbocycles. The number of aromatic nitrogens is 1. The molecule has 5 heteroatoms. The van der Waals surface area contributed by atoms with Crippen molar-refractivity contribution in [2.45, 2.75) is 32.2 Å². The van der Waals surface area contributed by atoms with Crippen molar-refractivity contribution in [2.24, 2.45) is 0 Å². The highest BCUT2D eigenvalue weighted by Crippen LogP contribution is 2.06. The van der Waals surface area contributed by atoms with E-state index in [4.69, 9.17) is 0 Å². The van der Waals surface area contributed by atoms with Crippen LogP contribution < -0.4 is 10.6 Å². The van der Waals surface area contributed by atoms with Crippen molar-refractivity contribution in [2.75, 3.05) is 6.54 Å². The highest BCUT2D eigenvalue weighted by atomic mass is 16.2. The first-order valence-electron chi connectivity index (χ1n) is 6.14. The number of amides is 2. The minimum absolute atomic E-state index is 0.0456. The van der Waals surface area contributed by atoms with Gasteiger partial charge in [-0.15, -0.1) is 0 Å². The molecule has 0 aromatic carbocycles. The van der Waals surface area contributed by atoms with Gasteiger partial charge in [0.15, 0.2) is 0 Å². The van der Waals surface area contributed by atoms with Gasteiger partial charge in [-0.1, -0.05) is 6.07 Å². The number of aryl methyl sites for hydroxylation is 1. The Balaban J connectivity index is 1.77. The predicted octanol–water partition coefficient (Wildman–Crippen LogP) is 0.327. The van der Waals surface area contributed by atoms with Crippen molar-refractivity contribution >= 4 is 11.8 Å². The van der Waals surface area contributed by atoms with Crippen LogP contribution in [0.2, 0.25) is 0 Å². The summed E-state index contributed by atoms with van der Waals surface area (Å²) in [6.07, 6.45) is 3.49. The second kappa shape index (κ2) is 5.62. The summed E-state index contributed by atoms with van der Waals surface area (Å²) in [6, 6.07) is 3.54. The second-order valence-electron chi connectivity index (χ2n) is 4.47. The maximum Gasteiger partial charge on any atom is 0.242 e. The van der Waals surface area contributed by atoms with Crippen molar-refractivity contribution in [1.29, 1.82) is 0 Å². The normalized spacial score (nSPS) is 18.5. The summed E-state index contributed by atoms with van der Waals surface area (Å²) >= 11 is 0. The minimum Gasteiger partial charge on any atom is -0.354 e. The first-order valence-corrected chi connectivity index (χ1v) is 6.14. The molecule has 0 saturated carbocycles. The average molecular weight is 247 g/mol. The zero-order chi connectivity index (χ0) is 13.0. The topological polar surface area (TPSA) is 71.1 Å². The van der Waals surface area contributed by atoms with E-state index < -0.39 is 0 Å². The lowest BCUT2D eigenvalue weighted by Crippen LogP contribution is -2.42. The molecule has 2 N–H and O–H groups in total. The lowest BCUT2D eigenvalue weighted by atomic mass is 10.1. The van der Waals surface area contributed by atoms with Gasteiger partial charge in [-0.25, -0.2) is 0 Å². The van der Waals surface area contributed by atoms with Crippen LogP contribution in [0.3, 0.4) is 0 Å². The van der Waals surface area contributed by atoms with E-state index in [1.54, 1.807) is 6.20 Å². The molecule has 1 fully saturated rings. The van der Waals surface area contributed by atoms with Gasteiger partial charge in [0.25, 0.3) is 0 Å². The van der Waals surface area contributed by atoms with Crippen LogP contribution in [0, 0.1) is 6.92 Å². The van der Waals surface area contributed by atoms with Crippen LogP contribution in [-0.2, 0) is 16.0 Å². The molecular weight excluding hydrogens is 230 g/mol. The van der Waals surface area contributed by atoms with Crippen molar-refractivity contribution in [1.82, 2.24) is 15.6 Å². The summed E-state index contributed by atoms with van der Waals surface area (Å²) in [5.41, 5.74) is 2.12. The third kappa shape index (κ3) is 3.06. The number of hydrogen-bond acceptors (Lipinski definition) is 3. The Labute approximate surface area is 106 Å². The van der Waals surface area contributed by atoms with E-state index in [1.807, 2.05) is 19.1 Å². The van der Waals surface area contributed by atoms with Gasteiger partial charge < -0.3 is 10.6 Å². The van der Waals surface area contributed by atoms with E-state index in [1.165, 1.54) is 0 Å². The van der Waals surface area contributed by atoms with Gasteiger partial charge in [-0.05, 0) is 25.0 Å². The van der Waals surface area contributed by atoms with Gasteiger partial charge >= 0.3 is 0 Å². The fraction of sp³-hybridized carbons (Fsp3) is 0.462. The molecular formula is C13H17N3O2. The van der Waals surface area contributed by atoms with Crippen molar-refractivity contribution in [3.63, 3.8) is 0 Å². The van der Waals surface area contributed by atoms with E-state index in [0.717, 1.165) is 11.3 Å². The summed E-state index contributed by atoms with van der Waals surface area (Å²) in [7, 11) is 0. The third-order valence-corrected chi connectivity index (χ3v) is 3.09. The number of rotatable bonds is 4. The highest BCUT2D eigenvalue weighted by molar-refractivity contribution is 5.90. The number of nitrogens with one attached hydrogen (secondary N) is 2. The predicted molar refractivity (Wildman–Crippen MR) is 66.9 cm³/mol. The summed E-state index contributed by atoms with van der Waals surface area (Å²) in [5, 5.41) is 5.47. The average Bonchev–Trinajstić information content (AvgIpc) is 2.78. The molecule has 2 heterocycles. The van der Waals surface area contributed by atoms with E-state index >= 15 is 0 Å². The quantitative estimate of drug-likeness (QED) is 0.805. The molecule has 1 aromatic heterocycles. The molecule has 1 aliphatic rings. The Morgan fingerprint density at radius 3 is 3.11 bits per heavy atom. The second-order valence-corrected chi connectivity index (χ2v) is 4.47. The number of carbonyl (C=O) groups is 2. The third-order valence-electron chi connectivity index (χ3n) is 3.09. The Morgan fingerprint density at radius 2 is 2.44 bits per heavy atom. The van der Waals surface area contributed by atoms with Crippen molar-refractivity contribution in [3.8, 4) is 0 Å². The minimum atomic E-state index is -0.359. The van der Waals surface area contributed by atoms with Crippen LogP contribution >= 0.6 is 0 Å². The first kappa shape index (κ1) is 12.5. The van der Waals surface area contributed by atoms with Crippen LogP contribution in [0.1, 0.15) is 24.1 Å². The zero-order valence-electron chi connectivity index (χ0n) is 10.4. The highest BCUT2D eigenvalue weighted by Gasteiger charge is 2.26. The van der Waals surface area contributed by atoms with Gasteiger partial charge in [0.05, 0.1) is 0 Å². The molecule has 1 aliphatic heterocycles. The number of hydrogen-bond donors (Lipinski definition) is 2. The number of nitrogens with zero attached hydrogens (tertiary/aromatic N) is 1. The smallest absolute Gasteiger partial charge is 0.242 e. The Bertz CT molecular complexity index is 459. The van der Waals surface area contributed by atoms with Gasteiger partial charge in [0, 0.05) is 31.3 Å². The molecule has 96 valence electrons. The molecule has 0 radical (unpaired) electrons. The van der Waals surface area contributed by atoms with Crippen LogP contribution in [0.25, 0.3) is 0 Å². The summed E-state index contributed by atoms with van der Waals surface area (Å²) in [5.74, 6) is -0.148. The fourth-order valence-corrected chi connectivity index (χ4v) is 2.02. The van der Waals surface area contributed by atoms with Crippen LogP contribution in [0.4, 0.5) is 0 Å². The van der Waals surface area contributed by atoms with Crippen LogP contribution in [0.5, 0.6) is 0 Å². The van der Waals surface area contributed by atoms with Crippen molar-refractivity contribution < 1.29 is 9.59 Å². The standard InChI is InChI=1S/C13H17N3O2/c1-9-3-2-7-14-10(9)6-8-15-13(18)11-4-5-12(17)16-11/h2-3,7,11H,4-6,8H2,1H3,(H,15,18)(H,16,17)/t11-/m0/s1. The SMILES string of the molecule is Cc1cccnc1CCNC(=O)[C@@H]1CCC(=O)N1. The largest absolute Gasteiger partial charge is 0.354 e. The monoisotopic (exact) mass is 247 g/mol. The molecule has 2 amide bonds. The van der Waals surface area contributed by atoms with E-state index in [2.05, 4.69) is 15.6 Å². The molecule has 1 saturated heterocycles. The molecule has 18 heavy (non-hydrogen) atoms. The lowest BCUT2D eigenvalue weighted by molar-refractivity contribution is -0.125. The summed E-state index contributed by atoms with van der Waals surface area (Å²) in [6.45, 7) is 2.55. The van der Waals surface area contributed by atoms with E-state index in [-0.39, 0.29) is 17.9 Å². The maximum absolute atomic E-state index is 11.7. The molecule has 2 rings (SSSR count). The van der Waals surface area contributed by atoms with Gasteiger partial charge in [0.1, 0.15) is 6.04 Å². The number of carbonyl (C=O) groups excluding carboxylic acids is 2. The van der Waals surface area contributed by atoms with Crippen LogP contribution in [0.15, 0.2) is 18.3 Å². The molecule has 5 nitrogen and oxygen atoms in total. The zero-order valence-corrected chi connectivity index (χ0v) is 10.4. The molecule has 0 spiro atoms. The fourth-order valence-electron chi connectivity index (χ4n) is 2.02. The Kier molecular flexibility index (Phi) is 3.92. The van der Waals surface area contributed by atoms with E-state index in [0.29, 0.717) is 25.8 Å². The molecule has 1 atom stereocenters. The molecule has 0 unspecified atom stereocenters. The Morgan fingerprint density at radius 1 is 1.61 bits per heavy atom. The van der Waals surface area contributed by atoms with Gasteiger partial charge in [-0.2, -0.15) is 0 Å². The summed E-state index contributed by atoms with van der Waals surface area (Å²) in [4.78, 5) is 27.0. The van der Waals surface area contributed by atoms with Gasteiger partial charge in [0.2, 0.25) is 11.8 Å². The van der Waals surface area contributed by atoms with Crippen LogP contribution in [-0.4, -0.2) is 29.4 Å². The lowest BCUT2D eigenvalue weighted by Gasteiger charge is -2.11. The Hall–Kier alpha value is -1.91.